The molecule has 158 valence electrons. The van der Waals surface area contributed by atoms with Crippen molar-refractivity contribution in [3.8, 4) is 5.75 Å². The summed E-state index contributed by atoms with van der Waals surface area (Å²) in [5.74, 6) is 0.226. The van der Waals surface area contributed by atoms with Crippen LogP contribution < -0.4 is 15.0 Å². The molecule has 6 nitrogen and oxygen atoms in total. The zero-order valence-electron chi connectivity index (χ0n) is 16.7. The van der Waals surface area contributed by atoms with Gasteiger partial charge in [0, 0.05) is 42.4 Å². The predicted molar refractivity (Wildman–Crippen MR) is 115 cm³/mol. The number of ether oxygens (including phenoxy) is 2. The van der Waals surface area contributed by atoms with Crippen LogP contribution in [0.5, 0.6) is 5.75 Å². The standard InChI is InChI=1S/C23H25ClN2O4/c24-21-6-2-1-4-16(21)15-30-19-9-7-18(8-10-19)26-14-17(12-22(26)27)23(28)25-13-20-5-3-11-29-20/h1-2,4,6-10,17,20H,3,5,11-15H2,(H,25,28)/t17-,20+/m0/s1. The van der Waals surface area contributed by atoms with E-state index in [0.717, 1.165) is 30.7 Å². The van der Waals surface area contributed by atoms with Gasteiger partial charge in [0.2, 0.25) is 11.8 Å². The fraction of sp³-hybridized carbons (Fsp3) is 0.391. The Hall–Kier alpha value is -2.57. The lowest BCUT2D eigenvalue weighted by Gasteiger charge is -2.18. The van der Waals surface area contributed by atoms with E-state index in [2.05, 4.69) is 5.32 Å². The zero-order chi connectivity index (χ0) is 20.9. The first-order chi connectivity index (χ1) is 14.6. The van der Waals surface area contributed by atoms with Gasteiger partial charge in [-0.2, -0.15) is 0 Å². The minimum absolute atomic E-state index is 0.0444. The average Bonchev–Trinajstić information content (AvgIpc) is 3.42. The second-order valence-corrected chi connectivity index (χ2v) is 8.07. The molecule has 2 aliphatic heterocycles. The maximum Gasteiger partial charge on any atom is 0.227 e. The Morgan fingerprint density at radius 2 is 2.00 bits per heavy atom. The molecule has 2 aromatic rings. The van der Waals surface area contributed by atoms with Crippen LogP contribution in [0.2, 0.25) is 5.02 Å². The molecular weight excluding hydrogens is 404 g/mol. The highest BCUT2D eigenvalue weighted by atomic mass is 35.5. The highest BCUT2D eigenvalue weighted by molar-refractivity contribution is 6.31. The van der Waals surface area contributed by atoms with Crippen LogP contribution in [0.1, 0.15) is 24.8 Å². The molecule has 2 aliphatic rings. The number of nitrogens with one attached hydrogen (secondary N) is 1. The van der Waals surface area contributed by atoms with Gasteiger partial charge in [-0.25, -0.2) is 0 Å². The minimum atomic E-state index is -0.338. The number of amides is 2. The fourth-order valence-corrected chi connectivity index (χ4v) is 3.99. The molecule has 0 bridgehead atoms. The van der Waals surface area contributed by atoms with Gasteiger partial charge in [0.1, 0.15) is 12.4 Å². The van der Waals surface area contributed by atoms with Crippen molar-refractivity contribution in [3.05, 3.63) is 59.1 Å². The van der Waals surface area contributed by atoms with Crippen LogP contribution in [0.4, 0.5) is 5.69 Å². The lowest BCUT2D eigenvalue weighted by Crippen LogP contribution is -2.37. The van der Waals surface area contributed by atoms with E-state index in [1.807, 2.05) is 48.5 Å². The molecule has 0 saturated carbocycles. The molecule has 2 amide bonds. The predicted octanol–water partition coefficient (Wildman–Crippen LogP) is 3.57. The van der Waals surface area contributed by atoms with E-state index in [9.17, 15) is 9.59 Å². The van der Waals surface area contributed by atoms with E-state index in [4.69, 9.17) is 21.1 Å². The van der Waals surface area contributed by atoms with Crippen molar-refractivity contribution in [2.75, 3.05) is 24.6 Å². The molecule has 0 radical (unpaired) electrons. The monoisotopic (exact) mass is 428 g/mol. The normalized spacial score (nSPS) is 21.1. The van der Waals surface area contributed by atoms with Crippen molar-refractivity contribution in [2.24, 2.45) is 5.92 Å². The van der Waals surface area contributed by atoms with E-state index >= 15 is 0 Å². The van der Waals surface area contributed by atoms with Gasteiger partial charge in [-0.05, 0) is 43.2 Å². The third kappa shape index (κ3) is 4.94. The van der Waals surface area contributed by atoms with Crippen molar-refractivity contribution < 1.29 is 19.1 Å². The van der Waals surface area contributed by atoms with E-state index in [1.54, 1.807) is 4.90 Å². The summed E-state index contributed by atoms with van der Waals surface area (Å²) in [7, 11) is 0. The Bertz CT molecular complexity index is 896. The first-order valence-corrected chi connectivity index (χ1v) is 10.6. The van der Waals surface area contributed by atoms with Crippen LogP contribution >= 0.6 is 11.6 Å². The number of rotatable bonds is 7. The zero-order valence-corrected chi connectivity index (χ0v) is 17.4. The lowest BCUT2D eigenvalue weighted by molar-refractivity contribution is -0.126. The third-order valence-corrected chi connectivity index (χ3v) is 5.89. The van der Waals surface area contributed by atoms with Gasteiger partial charge < -0.3 is 19.7 Å². The Balaban J connectivity index is 1.30. The van der Waals surface area contributed by atoms with Crippen LogP contribution in [0.3, 0.4) is 0 Å². The smallest absolute Gasteiger partial charge is 0.227 e. The van der Waals surface area contributed by atoms with Gasteiger partial charge in [-0.3, -0.25) is 9.59 Å². The first kappa shape index (κ1) is 20.7. The Morgan fingerprint density at radius 3 is 2.73 bits per heavy atom. The summed E-state index contributed by atoms with van der Waals surface area (Å²) < 4.78 is 11.3. The molecule has 2 aromatic carbocycles. The lowest BCUT2D eigenvalue weighted by atomic mass is 10.1. The molecular formula is C23H25ClN2O4. The summed E-state index contributed by atoms with van der Waals surface area (Å²) in [6.07, 6.45) is 2.33. The van der Waals surface area contributed by atoms with Gasteiger partial charge in [0.05, 0.1) is 12.0 Å². The maximum atomic E-state index is 12.5. The van der Waals surface area contributed by atoms with Crippen molar-refractivity contribution in [3.63, 3.8) is 0 Å². The molecule has 2 saturated heterocycles. The van der Waals surface area contributed by atoms with E-state index in [0.29, 0.717) is 30.5 Å². The number of hydrogen-bond donors (Lipinski definition) is 1. The van der Waals surface area contributed by atoms with E-state index in [1.165, 1.54) is 0 Å². The second-order valence-electron chi connectivity index (χ2n) is 7.66. The molecule has 0 aliphatic carbocycles. The van der Waals surface area contributed by atoms with Gasteiger partial charge in [0.25, 0.3) is 0 Å². The molecule has 1 N–H and O–H groups in total. The molecule has 0 unspecified atom stereocenters. The quantitative estimate of drug-likeness (QED) is 0.732. The third-order valence-electron chi connectivity index (χ3n) is 5.52. The molecule has 30 heavy (non-hydrogen) atoms. The number of carbonyl (C=O) groups is 2. The Morgan fingerprint density at radius 1 is 1.20 bits per heavy atom. The average molecular weight is 429 g/mol. The van der Waals surface area contributed by atoms with Crippen molar-refractivity contribution in [1.29, 1.82) is 0 Å². The summed E-state index contributed by atoms with van der Waals surface area (Å²) >= 11 is 6.15. The largest absolute Gasteiger partial charge is 0.489 e. The Kier molecular flexibility index (Phi) is 6.55. The highest BCUT2D eigenvalue weighted by Crippen LogP contribution is 2.27. The van der Waals surface area contributed by atoms with Crippen LogP contribution in [0.15, 0.2) is 48.5 Å². The SMILES string of the molecule is O=C(NC[C@H]1CCCO1)[C@H]1CC(=O)N(c2ccc(OCc3ccccc3Cl)cc2)C1. The second kappa shape index (κ2) is 9.49. The summed E-state index contributed by atoms with van der Waals surface area (Å²) in [6, 6.07) is 14.9. The summed E-state index contributed by atoms with van der Waals surface area (Å²) in [5, 5.41) is 3.60. The van der Waals surface area contributed by atoms with Crippen LogP contribution in [0.25, 0.3) is 0 Å². The van der Waals surface area contributed by atoms with Crippen LogP contribution in [-0.2, 0) is 20.9 Å². The molecule has 7 heteroatoms. The number of hydrogen-bond acceptors (Lipinski definition) is 4. The van der Waals surface area contributed by atoms with Crippen molar-refractivity contribution in [1.82, 2.24) is 5.32 Å². The number of carbonyl (C=O) groups excluding carboxylic acids is 2. The molecule has 0 aromatic heterocycles. The van der Waals surface area contributed by atoms with Gasteiger partial charge in [0.15, 0.2) is 0 Å². The van der Waals surface area contributed by atoms with Crippen molar-refractivity contribution in [2.45, 2.75) is 32.0 Å². The molecule has 2 fully saturated rings. The highest BCUT2D eigenvalue weighted by Gasteiger charge is 2.35. The van der Waals surface area contributed by atoms with Gasteiger partial charge in [-0.15, -0.1) is 0 Å². The molecule has 2 heterocycles. The summed E-state index contributed by atoms with van der Waals surface area (Å²) in [6.45, 7) is 2.03. The van der Waals surface area contributed by atoms with E-state index < -0.39 is 0 Å². The molecule has 4 rings (SSSR count). The van der Waals surface area contributed by atoms with Gasteiger partial charge in [-0.1, -0.05) is 29.8 Å². The number of halogens is 1. The first-order valence-electron chi connectivity index (χ1n) is 10.3. The van der Waals surface area contributed by atoms with Crippen LogP contribution in [0, 0.1) is 5.92 Å². The fourth-order valence-electron chi connectivity index (χ4n) is 3.80. The van der Waals surface area contributed by atoms with E-state index in [-0.39, 0.29) is 30.3 Å². The maximum absolute atomic E-state index is 12.5. The summed E-state index contributed by atoms with van der Waals surface area (Å²) in [4.78, 5) is 26.6. The minimum Gasteiger partial charge on any atom is -0.489 e. The van der Waals surface area contributed by atoms with Gasteiger partial charge >= 0.3 is 0 Å². The number of anilines is 1. The summed E-state index contributed by atoms with van der Waals surface area (Å²) in [5.41, 5.74) is 1.68. The molecule has 2 atom stereocenters. The molecule has 0 spiro atoms. The van der Waals surface area contributed by atoms with Crippen LogP contribution in [-0.4, -0.2) is 37.6 Å². The topological polar surface area (TPSA) is 67.9 Å². The Labute approximate surface area is 181 Å². The number of nitrogens with zero attached hydrogens (tertiary/aromatic N) is 1. The van der Waals surface area contributed by atoms with Crippen molar-refractivity contribution >= 4 is 29.1 Å². The number of benzene rings is 2.